The molecule has 3 atom stereocenters. The maximum absolute atomic E-state index is 4.22. The first kappa shape index (κ1) is 9.76. The molecule has 0 aromatic heterocycles. The van der Waals surface area contributed by atoms with Gasteiger partial charge >= 0.3 is 0 Å². The predicted octanol–water partition coefficient (Wildman–Crippen LogP) is 4.11. The van der Waals surface area contributed by atoms with Crippen molar-refractivity contribution in [2.45, 2.75) is 32.6 Å². The van der Waals surface area contributed by atoms with Gasteiger partial charge in [0.25, 0.3) is 0 Å². The summed E-state index contributed by atoms with van der Waals surface area (Å²) in [7, 11) is 0. The smallest absolute Gasteiger partial charge is 0.00395 e. The van der Waals surface area contributed by atoms with Crippen LogP contribution in [0.3, 0.4) is 0 Å². The van der Waals surface area contributed by atoms with Crippen LogP contribution in [0, 0.1) is 17.8 Å². The predicted molar refractivity (Wildman–Crippen MR) is 62.0 cm³/mol. The summed E-state index contributed by atoms with van der Waals surface area (Å²) in [6.07, 6.45) is 14.5. The second-order valence-electron chi connectivity index (χ2n) is 4.71. The molecule has 0 nitrogen and oxygen atoms in total. The second kappa shape index (κ2) is 4.16. The fourth-order valence-electron chi connectivity index (χ4n) is 2.68. The van der Waals surface area contributed by atoms with E-state index in [-0.39, 0.29) is 0 Å². The minimum atomic E-state index is 0.621. The van der Waals surface area contributed by atoms with Gasteiger partial charge in [-0.15, -0.1) is 0 Å². The third-order valence-corrected chi connectivity index (χ3v) is 3.67. The van der Waals surface area contributed by atoms with Gasteiger partial charge in [0, 0.05) is 5.92 Å². The molecule has 0 saturated heterocycles. The molecule has 0 aromatic rings. The lowest BCUT2D eigenvalue weighted by atomic mass is 9.72. The molecule has 0 N–H and O–H groups in total. The second-order valence-corrected chi connectivity index (χ2v) is 4.71. The highest BCUT2D eigenvalue weighted by Crippen LogP contribution is 2.37. The topological polar surface area (TPSA) is 0 Å². The molecule has 0 saturated carbocycles. The van der Waals surface area contributed by atoms with Crippen molar-refractivity contribution >= 4 is 0 Å². The van der Waals surface area contributed by atoms with Crippen molar-refractivity contribution < 1.29 is 0 Å². The van der Waals surface area contributed by atoms with Gasteiger partial charge in [0.15, 0.2) is 0 Å². The van der Waals surface area contributed by atoms with Crippen molar-refractivity contribution in [1.82, 2.24) is 0 Å². The summed E-state index contributed by atoms with van der Waals surface area (Å²) in [4.78, 5) is 0. The van der Waals surface area contributed by atoms with E-state index < -0.39 is 0 Å². The molecule has 76 valence electrons. The molecular formula is C14H20. The number of rotatable bonds is 1. The first-order chi connectivity index (χ1) is 6.79. The van der Waals surface area contributed by atoms with Gasteiger partial charge in [-0.3, -0.25) is 0 Å². The summed E-state index contributed by atoms with van der Waals surface area (Å²) in [5, 5.41) is 0. The summed E-state index contributed by atoms with van der Waals surface area (Å²) in [5.74, 6) is 2.16. The van der Waals surface area contributed by atoms with Gasteiger partial charge in [-0.05, 0) is 37.5 Å². The molecule has 0 radical (unpaired) electrons. The average molecular weight is 188 g/mol. The Morgan fingerprint density at radius 2 is 2.00 bits per heavy atom. The van der Waals surface area contributed by atoms with Crippen LogP contribution in [0.1, 0.15) is 32.6 Å². The Morgan fingerprint density at radius 1 is 1.21 bits per heavy atom. The van der Waals surface area contributed by atoms with Crippen molar-refractivity contribution in [1.29, 1.82) is 0 Å². The van der Waals surface area contributed by atoms with Crippen LogP contribution in [-0.4, -0.2) is 0 Å². The average Bonchev–Trinajstić information content (AvgIpc) is 2.20. The van der Waals surface area contributed by atoms with Crippen LogP contribution in [0.5, 0.6) is 0 Å². The first-order valence-electron chi connectivity index (χ1n) is 5.80. The Kier molecular flexibility index (Phi) is 2.90. The van der Waals surface area contributed by atoms with Gasteiger partial charge in [-0.2, -0.15) is 0 Å². The van der Waals surface area contributed by atoms with Gasteiger partial charge < -0.3 is 0 Å². The van der Waals surface area contributed by atoms with E-state index in [0.29, 0.717) is 11.8 Å². The highest BCUT2D eigenvalue weighted by atomic mass is 14.3. The van der Waals surface area contributed by atoms with Gasteiger partial charge in [0.1, 0.15) is 0 Å². The highest BCUT2D eigenvalue weighted by Gasteiger charge is 2.27. The molecule has 2 rings (SSSR count). The normalized spacial score (nSPS) is 37.5. The summed E-state index contributed by atoms with van der Waals surface area (Å²) >= 11 is 0. The van der Waals surface area contributed by atoms with E-state index in [1.54, 1.807) is 0 Å². The van der Waals surface area contributed by atoms with Crippen molar-refractivity contribution in [2.75, 3.05) is 0 Å². The standard InChI is InChI=1S/C14H20/c1-11-7-3-5-9-13(11)14-10-6-4-8-12(14)2/h5-6,9-10,12-14H,1,3-4,7-8H2,2H3. The minimum Gasteiger partial charge on any atom is -0.0992 e. The number of hydrogen-bond donors (Lipinski definition) is 0. The SMILES string of the molecule is C=C1CCC=CC1C1C=CCCC1C. The Bertz CT molecular complexity index is 270. The zero-order valence-electron chi connectivity index (χ0n) is 9.08. The molecular weight excluding hydrogens is 168 g/mol. The van der Waals surface area contributed by atoms with Crippen LogP contribution >= 0.6 is 0 Å². The first-order valence-corrected chi connectivity index (χ1v) is 5.80. The van der Waals surface area contributed by atoms with Crippen molar-refractivity contribution in [3.05, 3.63) is 36.5 Å². The Balaban J connectivity index is 2.15. The molecule has 2 aliphatic carbocycles. The van der Waals surface area contributed by atoms with E-state index in [1.165, 1.54) is 31.3 Å². The van der Waals surface area contributed by atoms with E-state index >= 15 is 0 Å². The monoisotopic (exact) mass is 188 g/mol. The zero-order valence-corrected chi connectivity index (χ0v) is 9.08. The fraction of sp³-hybridized carbons (Fsp3) is 0.571. The molecule has 0 aliphatic heterocycles. The van der Waals surface area contributed by atoms with Crippen LogP contribution in [0.2, 0.25) is 0 Å². The van der Waals surface area contributed by atoms with Crippen molar-refractivity contribution in [3.63, 3.8) is 0 Å². The number of hydrogen-bond acceptors (Lipinski definition) is 0. The van der Waals surface area contributed by atoms with E-state index in [1.807, 2.05) is 0 Å². The van der Waals surface area contributed by atoms with Crippen LogP contribution in [0.25, 0.3) is 0 Å². The zero-order chi connectivity index (χ0) is 9.97. The maximum atomic E-state index is 4.22. The summed E-state index contributed by atoms with van der Waals surface area (Å²) in [6, 6.07) is 0. The van der Waals surface area contributed by atoms with E-state index in [2.05, 4.69) is 37.8 Å². The lowest BCUT2D eigenvalue weighted by molar-refractivity contribution is 0.331. The molecule has 0 bridgehead atoms. The van der Waals surface area contributed by atoms with E-state index in [0.717, 1.165) is 5.92 Å². The van der Waals surface area contributed by atoms with Gasteiger partial charge in [0.05, 0.1) is 0 Å². The van der Waals surface area contributed by atoms with Gasteiger partial charge in [-0.1, -0.05) is 43.4 Å². The summed E-state index contributed by atoms with van der Waals surface area (Å²) in [6.45, 7) is 6.60. The van der Waals surface area contributed by atoms with Crippen LogP contribution < -0.4 is 0 Å². The molecule has 0 aromatic carbocycles. The maximum Gasteiger partial charge on any atom is 0.00395 e. The largest absolute Gasteiger partial charge is 0.0992 e. The Labute approximate surface area is 87.4 Å². The van der Waals surface area contributed by atoms with Crippen molar-refractivity contribution in [2.24, 2.45) is 17.8 Å². The summed E-state index contributed by atoms with van der Waals surface area (Å²) in [5.41, 5.74) is 1.44. The van der Waals surface area contributed by atoms with Gasteiger partial charge in [0.2, 0.25) is 0 Å². The quantitative estimate of drug-likeness (QED) is 0.543. The van der Waals surface area contributed by atoms with Crippen LogP contribution in [0.15, 0.2) is 36.5 Å². The lowest BCUT2D eigenvalue weighted by Gasteiger charge is -2.33. The van der Waals surface area contributed by atoms with Crippen LogP contribution in [-0.2, 0) is 0 Å². The fourth-order valence-corrected chi connectivity index (χ4v) is 2.68. The van der Waals surface area contributed by atoms with Gasteiger partial charge in [-0.25, -0.2) is 0 Å². The van der Waals surface area contributed by atoms with E-state index in [9.17, 15) is 0 Å². The molecule has 2 aliphatic rings. The summed E-state index contributed by atoms with van der Waals surface area (Å²) < 4.78 is 0. The number of allylic oxidation sites excluding steroid dienone is 5. The molecule has 0 heterocycles. The highest BCUT2D eigenvalue weighted by molar-refractivity contribution is 5.20. The third-order valence-electron chi connectivity index (χ3n) is 3.67. The molecule has 3 unspecified atom stereocenters. The van der Waals surface area contributed by atoms with Crippen molar-refractivity contribution in [3.8, 4) is 0 Å². The van der Waals surface area contributed by atoms with E-state index in [4.69, 9.17) is 0 Å². The molecule has 0 amide bonds. The molecule has 0 fully saturated rings. The Hall–Kier alpha value is -0.780. The Morgan fingerprint density at radius 3 is 2.71 bits per heavy atom. The van der Waals surface area contributed by atoms with Crippen LogP contribution in [0.4, 0.5) is 0 Å². The third kappa shape index (κ3) is 1.84. The lowest BCUT2D eigenvalue weighted by Crippen LogP contribution is -2.23. The minimum absolute atomic E-state index is 0.621. The molecule has 14 heavy (non-hydrogen) atoms. The molecule has 0 heteroatoms. The molecule has 0 spiro atoms.